The number of rotatable bonds is 5. The van der Waals surface area contributed by atoms with E-state index >= 15 is 0 Å². The highest BCUT2D eigenvalue weighted by atomic mass is 16.5. The van der Waals surface area contributed by atoms with Crippen molar-refractivity contribution in [1.82, 2.24) is 20.0 Å². The van der Waals surface area contributed by atoms with Crippen LogP contribution in [0.5, 0.6) is 0 Å². The Labute approximate surface area is 220 Å². The van der Waals surface area contributed by atoms with Crippen LogP contribution in [0.4, 0.5) is 17.5 Å². The van der Waals surface area contributed by atoms with E-state index in [1.807, 2.05) is 78.6 Å². The molecule has 0 spiro atoms. The minimum atomic E-state index is 0.00681. The fourth-order valence-electron chi connectivity index (χ4n) is 4.73. The molecule has 5 aromatic rings. The number of carbonyl (C=O) groups excluding carboxylic acids is 1. The maximum atomic E-state index is 13.4. The summed E-state index contributed by atoms with van der Waals surface area (Å²) in [5, 5.41) is 8.31. The third-order valence-corrected chi connectivity index (χ3v) is 6.80. The van der Waals surface area contributed by atoms with E-state index in [1.165, 1.54) is 5.56 Å². The summed E-state index contributed by atoms with van der Waals surface area (Å²) in [7, 11) is 0. The predicted molar refractivity (Wildman–Crippen MR) is 149 cm³/mol. The monoisotopic (exact) mass is 504 g/mol. The molecule has 3 heterocycles. The molecule has 1 aliphatic rings. The third kappa shape index (κ3) is 4.80. The van der Waals surface area contributed by atoms with Gasteiger partial charge in [-0.05, 0) is 44.2 Å². The Balaban J connectivity index is 1.16. The highest BCUT2D eigenvalue weighted by Crippen LogP contribution is 2.30. The number of hydrogen-bond acceptors (Lipinski definition) is 7. The van der Waals surface area contributed by atoms with Crippen molar-refractivity contribution in [2.24, 2.45) is 0 Å². The number of nitrogens with zero attached hydrogens (tertiary/aromatic N) is 5. The molecule has 0 radical (unpaired) electrons. The maximum absolute atomic E-state index is 13.4. The van der Waals surface area contributed by atoms with Crippen molar-refractivity contribution < 1.29 is 9.32 Å². The van der Waals surface area contributed by atoms with Crippen LogP contribution < -0.4 is 10.2 Å². The molecule has 0 aliphatic carbocycles. The molecule has 0 saturated carbocycles. The lowest BCUT2D eigenvalue weighted by Crippen LogP contribution is -2.49. The summed E-state index contributed by atoms with van der Waals surface area (Å²) in [5.74, 6) is 2.11. The molecule has 1 aliphatic heterocycles. The minimum Gasteiger partial charge on any atom is -0.355 e. The number of hydrogen-bond donors (Lipinski definition) is 1. The zero-order chi connectivity index (χ0) is 26.1. The van der Waals surface area contributed by atoms with Crippen LogP contribution in [0.3, 0.4) is 0 Å². The standard InChI is InChI=1S/C30H28N6O2/c1-20-8-11-24(12-9-20)32-30-31-21(2)18-27(33-30)35-14-16-36(17-15-35)29(37)23-10-13-26-25(19-23)28(38-34-26)22-6-4-3-5-7-22/h3-13,18-19H,14-17H2,1-2H3,(H,31,32,33). The lowest BCUT2D eigenvalue weighted by Gasteiger charge is -2.35. The zero-order valence-corrected chi connectivity index (χ0v) is 21.4. The van der Waals surface area contributed by atoms with Gasteiger partial charge in [-0.1, -0.05) is 53.2 Å². The van der Waals surface area contributed by atoms with Gasteiger partial charge in [0.05, 0.1) is 5.39 Å². The largest absolute Gasteiger partial charge is 0.355 e. The zero-order valence-electron chi connectivity index (χ0n) is 21.4. The molecule has 190 valence electrons. The maximum Gasteiger partial charge on any atom is 0.254 e. The number of aromatic nitrogens is 3. The first-order valence-electron chi connectivity index (χ1n) is 12.7. The van der Waals surface area contributed by atoms with Crippen LogP contribution in [0.15, 0.2) is 83.4 Å². The first-order chi connectivity index (χ1) is 18.5. The Morgan fingerprint density at radius 1 is 0.868 bits per heavy atom. The van der Waals surface area contributed by atoms with Gasteiger partial charge in [0.2, 0.25) is 5.95 Å². The van der Waals surface area contributed by atoms with Gasteiger partial charge in [-0.2, -0.15) is 4.98 Å². The molecule has 8 heteroatoms. The van der Waals surface area contributed by atoms with Gasteiger partial charge in [0, 0.05) is 54.8 Å². The summed E-state index contributed by atoms with van der Waals surface area (Å²) in [6.07, 6.45) is 0. The SMILES string of the molecule is Cc1ccc(Nc2nc(C)cc(N3CCN(C(=O)c4ccc5noc(-c6ccccc6)c5c4)CC3)n2)cc1. The third-order valence-electron chi connectivity index (χ3n) is 6.80. The summed E-state index contributed by atoms with van der Waals surface area (Å²) in [6.45, 7) is 6.62. The molecule has 2 aromatic heterocycles. The highest BCUT2D eigenvalue weighted by molar-refractivity contribution is 6.01. The first kappa shape index (κ1) is 23.7. The number of fused-ring (bicyclic) bond motifs is 1. The van der Waals surface area contributed by atoms with Crippen LogP contribution in [0.2, 0.25) is 0 Å². The number of carbonyl (C=O) groups is 1. The molecule has 0 unspecified atom stereocenters. The number of nitrogens with one attached hydrogen (secondary N) is 1. The van der Waals surface area contributed by atoms with E-state index in [0.717, 1.165) is 33.7 Å². The van der Waals surface area contributed by atoms with Crippen LogP contribution in [-0.2, 0) is 0 Å². The Morgan fingerprint density at radius 3 is 2.39 bits per heavy atom. The van der Waals surface area contributed by atoms with E-state index < -0.39 is 0 Å². The molecule has 8 nitrogen and oxygen atoms in total. The van der Waals surface area contributed by atoms with Gasteiger partial charge < -0.3 is 19.6 Å². The minimum absolute atomic E-state index is 0.00681. The Morgan fingerprint density at radius 2 is 1.63 bits per heavy atom. The Kier molecular flexibility index (Phi) is 6.21. The number of aryl methyl sites for hydroxylation is 2. The molecule has 1 N–H and O–H groups in total. The molecule has 0 bridgehead atoms. The van der Waals surface area contributed by atoms with Crippen molar-refractivity contribution in [3.63, 3.8) is 0 Å². The van der Waals surface area contributed by atoms with Gasteiger partial charge in [-0.25, -0.2) is 4.98 Å². The van der Waals surface area contributed by atoms with Crippen LogP contribution in [-0.4, -0.2) is 52.1 Å². The van der Waals surface area contributed by atoms with Crippen molar-refractivity contribution in [2.75, 3.05) is 36.4 Å². The second-order valence-electron chi connectivity index (χ2n) is 9.57. The van der Waals surface area contributed by atoms with E-state index in [-0.39, 0.29) is 5.91 Å². The number of benzene rings is 3. The Bertz CT molecular complexity index is 1590. The Hall–Kier alpha value is -4.72. The van der Waals surface area contributed by atoms with Crippen LogP contribution in [0.25, 0.3) is 22.2 Å². The van der Waals surface area contributed by atoms with E-state index in [0.29, 0.717) is 43.5 Å². The van der Waals surface area contributed by atoms with Crippen LogP contribution in [0, 0.1) is 13.8 Å². The number of anilines is 3. The molecule has 1 amide bonds. The molecular weight excluding hydrogens is 476 g/mol. The molecule has 1 saturated heterocycles. The van der Waals surface area contributed by atoms with Crippen molar-refractivity contribution in [1.29, 1.82) is 0 Å². The van der Waals surface area contributed by atoms with E-state index in [2.05, 4.69) is 39.4 Å². The molecule has 6 rings (SSSR count). The van der Waals surface area contributed by atoms with E-state index in [1.54, 1.807) is 0 Å². The molecular formula is C30H28N6O2. The molecule has 0 atom stereocenters. The fourth-order valence-corrected chi connectivity index (χ4v) is 4.73. The van der Waals surface area contributed by atoms with Gasteiger partial charge in [-0.15, -0.1) is 0 Å². The molecule has 1 fully saturated rings. The van der Waals surface area contributed by atoms with Gasteiger partial charge in [-0.3, -0.25) is 4.79 Å². The van der Waals surface area contributed by atoms with Crippen LogP contribution in [0.1, 0.15) is 21.6 Å². The lowest BCUT2D eigenvalue weighted by atomic mass is 10.1. The van der Waals surface area contributed by atoms with Gasteiger partial charge in [0.1, 0.15) is 11.3 Å². The number of piperazine rings is 1. The normalized spacial score (nSPS) is 13.6. The van der Waals surface area contributed by atoms with Gasteiger partial charge in [0.25, 0.3) is 5.91 Å². The topological polar surface area (TPSA) is 87.4 Å². The van der Waals surface area contributed by atoms with Crippen molar-refractivity contribution in [3.05, 3.63) is 95.7 Å². The van der Waals surface area contributed by atoms with E-state index in [9.17, 15) is 4.79 Å². The van der Waals surface area contributed by atoms with E-state index in [4.69, 9.17) is 9.51 Å². The van der Waals surface area contributed by atoms with Gasteiger partial charge in [0.15, 0.2) is 5.76 Å². The average molecular weight is 505 g/mol. The summed E-state index contributed by atoms with van der Waals surface area (Å²) in [6, 6.07) is 25.5. The fraction of sp³-hybridized carbons (Fsp3) is 0.200. The molecule has 38 heavy (non-hydrogen) atoms. The average Bonchev–Trinajstić information content (AvgIpc) is 3.37. The second kappa shape index (κ2) is 9.97. The van der Waals surface area contributed by atoms with Crippen LogP contribution >= 0.6 is 0 Å². The lowest BCUT2D eigenvalue weighted by molar-refractivity contribution is 0.0746. The predicted octanol–water partition coefficient (Wildman–Crippen LogP) is 5.61. The second-order valence-corrected chi connectivity index (χ2v) is 9.57. The quantitative estimate of drug-likeness (QED) is 0.333. The summed E-state index contributed by atoms with van der Waals surface area (Å²) >= 11 is 0. The summed E-state index contributed by atoms with van der Waals surface area (Å²) < 4.78 is 5.61. The summed E-state index contributed by atoms with van der Waals surface area (Å²) in [5.41, 5.74) is 5.34. The number of amides is 1. The van der Waals surface area contributed by atoms with Crippen molar-refractivity contribution >= 4 is 34.3 Å². The van der Waals surface area contributed by atoms with Crippen molar-refractivity contribution in [2.45, 2.75) is 13.8 Å². The van der Waals surface area contributed by atoms with Gasteiger partial charge >= 0.3 is 0 Å². The summed E-state index contributed by atoms with van der Waals surface area (Å²) in [4.78, 5) is 26.8. The highest BCUT2D eigenvalue weighted by Gasteiger charge is 2.24. The smallest absolute Gasteiger partial charge is 0.254 e. The van der Waals surface area contributed by atoms with Crippen molar-refractivity contribution in [3.8, 4) is 11.3 Å². The molecule has 3 aromatic carbocycles. The first-order valence-corrected chi connectivity index (χ1v) is 12.7.